The normalized spacial score (nSPS) is 10.9. The fourth-order valence-electron chi connectivity index (χ4n) is 3.54. The van der Waals surface area contributed by atoms with Crippen LogP contribution in [0.5, 0.6) is 5.75 Å². The maximum atomic E-state index is 12.6. The first-order chi connectivity index (χ1) is 17.7. The molecule has 0 aliphatic heterocycles. The minimum Gasteiger partial charge on any atom is -0.494 e. The van der Waals surface area contributed by atoms with Gasteiger partial charge in [-0.2, -0.15) is 0 Å². The molecule has 0 aliphatic carbocycles. The van der Waals surface area contributed by atoms with E-state index in [2.05, 4.69) is 43.6 Å². The van der Waals surface area contributed by atoms with Crippen molar-refractivity contribution < 1.29 is 14.3 Å². The number of anilines is 2. The lowest BCUT2D eigenvalue weighted by molar-refractivity contribution is 0.0976. The minimum atomic E-state index is -0.309. The highest BCUT2D eigenvalue weighted by Gasteiger charge is 2.14. The van der Waals surface area contributed by atoms with Crippen molar-refractivity contribution in [2.45, 2.75) is 52.4 Å². The highest BCUT2D eigenvalue weighted by Crippen LogP contribution is 2.23. The van der Waals surface area contributed by atoms with Crippen LogP contribution in [0, 0.1) is 0 Å². The lowest BCUT2D eigenvalue weighted by Crippen LogP contribution is -2.34. The molecule has 194 valence electrons. The van der Waals surface area contributed by atoms with Gasteiger partial charge in [0, 0.05) is 22.5 Å². The van der Waals surface area contributed by atoms with Crippen molar-refractivity contribution in [3.8, 4) is 5.75 Å². The van der Waals surface area contributed by atoms with E-state index >= 15 is 0 Å². The van der Waals surface area contributed by atoms with Gasteiger partial charge in [-0.1, -0.05) is 52.7 Å². The zero-order valence-corrected chi connectivity index (χ0v) is 22.7. The molecule has 0 atom stereocenters. The second-order valence-corrected chi connectivity index (χ2v) is 10.3. The Morgan fingerprint density at radius 2 is 1.30 bits per heavy atom. The van der Waals surface area contributed by atoms with E-state index in [4.69, 9.17) is 17.0 Å². The fraction of sp³-hybridized carbons (Fsp3) is 0.300. The van der Waals surface area contributed by atoms with Gasteiger partial charge in [0.25, 0.3) is 11.8 Å². The molecule has 6 nitrogen and oxygen atoms in total. The Labute approximate surface area is 224 Å². The van der Waals surface area contributed by atoms with E-state index in [1.54, 1.807) is 48.5 Å². The number of ether oxygens (including phenoxy) is 1. The quantitative estimate of drug-likeness (QED) is 0.212. The number of nitrogens with one attached hydrogen (secondary N) is 3. The Morgan fingerprint density at radius 1 is 0.757 bits per heavy atom. The van der Waals surface area contributed by atoms with Gasteiger partial charge < -0.3 is 15.4 Å². The van der Waals surface area contributed by atoms with E-state index < -0.39 is 0 Å². The number of benzene rings is 3. The van der Waals surface area contributed by atoms with Crippen LogP contribution in [0.25, 0.3) is 0 Å². The second-order valence-electron chi connectivity index (χ2n) is 9.85. The Morgan fingerprint density at radius 3 is 1.86 bits per heavy atom. The molecule has 0 unspecified atom stereocenters. The van der Waals surface area contributed by atoms with Crippen molar-refractivity contribution in [1.29, 1.82) is 0 Å². The van der Waals surface area contributed by atoms with Crippen LogP contribution in [-0.2, 0) is 5.41 Å². The molecule has 3 aromatic rings. The van der Waals surface area contributed by atoms with E-state index in [1.165, 1.54) is 5.56 Å². The van der Waals surface area contributed by atoms with Gasteiger partial charge >= 0.3 is 0 Å². The van der Waals surface area contributed by atoms with Gasteiger partial charge in [0.2, 0.25) is 0 Å². The third kappa shape index (κ3) is 8.72. The summed E-state index contributed by atoms with van der Waals surface area (Å²) in [6.07, 6.45) is 3.29. The van der Waals surface area contributed by atoms with E-state index in [0.717, 1.165) is 25.0 Å². The molecular formula is C30H35N3O3S. The predicted octanol–water partition coefficient (Wildman–Crippen LogP) is 6.93. The van der Waals surface area contributed by atoms with E-state index in [1.807, 2.05) is 24.3 Å². The largest absolute Gasteiger partial charge is 0.494 e. The summed E-state index contributed by atoms with van der Waals surface area (Å²) in [5.41, 5.74) is 3.63. The second kappa shape index (κ2) is 13.0. The monoisotopic (exact) mass is 517 g/mol. The summed E-state index contributed by atoms with van der Waals surface area (Å²) in [7, 11) is 0. The van der Waals surface area contributed by atoms with Crippen molar-refractivity contribution in [2.24, 2.45) is 0 Å². The minimum absolute atomic E-state index is 0.0328. The van der Waals surface area contributed by atoms with Gasteiger partial charge in [0.05, 0.1) is 6.61 Å². The summed E-state index contributed by atoms with van der Waals surface area (Å²) in [6.45, 7) is 9.23. The Balaban J connectivity index is 1.48. The molecule has 37 heavy (non-hydrogen) atoms. The SMILES string of the molecule is CCCCCOc1ccc(C(=O)NC(=S)Nc2ccc(NC(=O)c3ccc(C(C)(C)C)cc3)cc2)cc1. The van der Waals surface area contributed by atoms with Crippen LogP contribution in [0.1, 0.15) is 73.2 Å². The van der Waals surface area contributed by atoms with Gasteiger partial charge in [0.1, 0.15) is 5.75 Å². The lowest BCUT2D eigenvalue weighted by Gasteiger charge is -2.19. The van der Waals surface area contributed by atoms with Crippen molar-refractivity contribution in [1.82, 2.24) is 5.32 Å². The molecule has 0 aromatic heterocycles. The first-order valence-corrected chi connectivity index (χ1v) is 12.9. The molecule has 0 bridgehead atoms. The Hall–Kier alpha value is -3.71. The summed E-state index contributed by atoms with van der Waals surface area (Å²) in [5.74, 6) is 0.250. The average Bonchev–Trinajstić information content (AvgIpc) is 2.87. The van der Waals surface area contributed by atoms with Gasteiger partial charge in [-0.15, -0.1) is 0 Å². The number of amides is 2. The Bertz CT molecular complexity index is 1200. The van der Waals surface area contributed by atoms with Crippen LogP contribution in [-0.4, -0.2) is 23.5 Å². The molecule has 0 spiro atoms. The summed E-state index contributed by atoms with van der Waals surface area (Å²) >= 11 is 5.29. The molecular weight excluding hydrogens is 482 g/mol. The van der Waals surface area contributed by atoms with Crippen LogP contribution < -0.4 is 20.7 Å². The van der Waals surface area contributed by atoms with Crippen LogP contribution >= 0.6 is 12.2 Å². The molecule has 0 heterocycles. The van der Waals surface area contributed by atoms with Crippen molar-refractivity contribution >= 4 is 40.5 Å². The zero-order valence-electron chi connectivity index (χ0n) is 21.9. The molecule has 2 amide bonds. The van der Waals surface area contributed by atoms with Crippen molar-refractivity contribution in [2.75, 3.05) is 17.2 Å². The fourth-order valence-corrected chi connectivity index (χ4v) is 3.75. The smallest absolute Gasteiger partial charge is 0.257 e. The molecule has 7 heteroatoms. The van der Waals surface area contributed by atoms with E-state index in [9.17, 15) is 9.59 Å². The number of thiocarbonyl (C=S) groups is 1. The summed E-state index contributed by atoms with van der Waals surface area (Å²) in [5, 5.41) is 8.74. The van der Waals surface area contributed by atoms with E-state index in [-0.39, 0.29) is 22.3 Å². The van der Waals surface area contributed by atoms with Gasteiger partial charge in [-0.3, -0.25) is 14.9 Å². The van der Waals surface area contributed by atoms with Gasteiger partial charge in [0.15, 0.2) is 5.11 Å². The topological polar surface area (TPSA) is 79.5 Å². The van der Waals surface area contributed by atoms with Crippen LogP contribution in [0.3, 0.4) is 0 Å². The lowest BCUT2D eigenvalue weighted by atomic mass is 9.87. The number of hydrogen-bond donors (Lipinski definition) is 3. The van der Waals surface area contributed by atoms with Crippen molar-refractivity contribution in [3.05, 3.63) is 89.5 Å². The average molecular weight is 518 g/mol. The molecule has 3 N–H and O–H groups in total. The molecule has 0 saturated heterocycles. The highest BCUT2D eigenvalue weighted by molar-refractivity contribution is 7.80. The highest BCUT2D eigenvalue weighted by atomic mass is 32.1. The first-order valence-electron chi connectivity index (χ1n) is 12.5. The molecule has 0 radical (unpaired) electrons. The number of unbranched alkanes of at least 4 members (excludes halogenated alkanes) is 2. The number of rotatable bonds is 9. The van der Waals surface area contributed by atoms with Crippen LogP contribution in [0.4, 0.5) is 11.4 Å². The van der Waals surface area contributed by atoms with E-state index in [0.29, 0.717) is 29.1 Å². The van der Waals surface area contributed by atoms with Gasteiger partial charge in [-0.05, 0) is 90.3 Å². The van der Waals surface area contributed by atoms with Gasteiger partial charge in [-0.25, -0.2) is 0 Å². The molecule has 0 fully saturated rings. The third-order valence-corrected chi connectivity index (χ3v) is 5.98. The summed E-state index contributed by atoms with van der Waals surface area (Å²) < 4.78 is 5.68. The standard InChI is InChI=1S/C30H35N3O3S/c1-5-6-7-20-36-26-18-10-22(11-19-26)28(35)33-29(37)32-25-16-14-24(15-17-25)31-27(34)21-8-12-23(13-9-21)30(2,3)4/h8-19H,5-7,20H2,1-4H3,(H,31,34)(H2,32,33,35,37). The zero-order chi connectivity index (χ0) is 26.8. The number of carbonyl (C=O) groups is 2. The summed E-state index contributed by atoms with van der Waals surface area (Å²) in [6, 6.07) is 21.7. The molecule has 3 aromatic carbocycles. The maximum Gasteiger partial charge on any atom is 0.257 e. The number of carbonyl (C=O) groups excluding carboxylic acids is 2. The third-order valence-electron chi connectivity index (χ3n) is 5.77. The summed E-state index contributed by atoms with van der Waals surface area (Å²) in [4.78, 5) is 25.1. The van der Waals surface area contributed by atoms with Crippen LogP contribution in [0.15, 0.2) is 72.8 Å². The molecule has 0 aliphatic rings. The number of hydrogen-bond acceptors (Lipinski definition) is 4. The predicted molar refractivity (Wildman–Crippen MR) is 155 cm³/mol. The van der Waals surface area contributed by atoms with Crippen molar-refractivity contribution in [3.63, 3.8) is 0 Å². The molecule has 0 saturated carbocycles. The Kier molecular flexibility index (Phi) is 9.80. The molecule has 3 rings (SSSR count). The first kappa shape index (κ1) is 27.9. The maximum absolute atomic E-state index is 12.6. The van der Waals surface area contributed by atoms with Crippen LogP contribution in [0.2, 0.25) is 0 Å².